The molecule has 0 bridgehead atoms. The number of hydrogen-bond donors (Lipinski definition) is 1. The molecule has 1 unspecified atom stereocenters. The van der Waals surface area contributed by atoms with Crippen molar-refractivity contribution in [3.05, 3.63) is 29.8 Å². The van der Waals surface area contributed by atoms with Crippen LogP contribution in [0.25, 0.3) is 0 Å². The van der Waals surface area contributed by atoms with E-state index in [-0.39, 0.29) is 0 Å². The Hall–Kier alpha value is 0.100. The molecule has 0 saturated carbocycles. The quantitative estimate of drug-likeness (QED) is 0.490. The van der Waals surface area contributed by atoms with E-state index in [4.69, 9.17) is 5.73 Å². The van der Waals surface area contributed by atoms with Gasteiger partial charge in [-0.05, 0) is 0 Å². The van der Waals surface area contributed by atoms with Crippen LogP contribution in [0.4, 0.5) is 5.69 Å². The van der Waals surface area contributed by atoms with Gasteiger partial charge in [-0.3, -0.25) is 0 Å². The van der Waals surface area contributed by atoms with Gasteiger partial charge in [-0.1, -0.05) is 0 Å². The van der Waals surface area contributed by atoms with Gasteiger partial charge in [0.1, 0.15) is 0 Å². The van der Waals surface area contributed by atoms with Crippen molar-refractivity contribution < 1.29 is 0 Å². The molecule has 1 atom stereocenters. The van der Waals surface area contributed by atoms with Gasteiger partial charge in [0.2, 0.25) is 0 Å². The van der Waals surface area contributed by atoms with Crippen molar-refractivity contribution in [1.82, 2.24) is 0 Å². The average molecular weight is 307 g/mol. The van der Waals surface area contributed by atoms with Crippen molar-refractivity contribution in [2.45, 2.75) is 3.26 Å². The number of anilines is 1. The molecule has 1 aliphatic rings. The molecule has 0 aliphatic carbocycles. The summed E-state index contributed by atoms with van der Waals surface area (Å²) < 4.78 is 2.36. The first-order chi connectivity index (χ1) is 6.27. The van der Waals surface area contributed by atoms with Crippen LogP contribution in [-0.4, -0.2) is 15.1 Å². The van der Waals surface area contributed by atoms with Crippen LogP contribution in [0.3, 0.4) is 0 Å². The zero-order valence-corrected chi connectivity index (χ0v) is 10.6. The first-order valence-electron chi connectivity index (χ1n) is 4.29. The summed E-state index contributed by atoms with van der Waals surface area (Å²) in [7, 11) is 0. The standard InChI is InChI=1S/C10H14INS/c1-11-6-7-13-10(11)8-2-4-9(12)5-3-8/h2-5,10H,6-7,12H2,1H3. The van der Waals surface area contributed by atoms with Gasteiger partial charge in [0.15, 0.2) is 0 Å². The van der Waals surface area contributed by atoms with Gasteiger partial charge in [-0.2, -0.15) is 0 Å². The van der Waals surface area contributed by atoms with Gasteiger partial charge in [0.25, 0.3) is 0 Å². The minimum absolute atomic E-state index is 0.651. The zero-order valence-electron chi connectivity index (χ0n) is 7.66. The van der Waals surface area contributed by atoms with Crippen molar-refractivity contribution in [3.63, 3.8) is 0 Å². The van der Waals surface area contributed by atoms with E-state index in [1.165, 1.54) is 15.7 Å². The molecule has 3 heteroatoms. The number of halogens is 1. The molecule has 72 valence electrons. The molecular weight excluding hydrogens is 293 g/mol. The number of hydrogen-bond acceptors (Lipinski definition) is 2. The van der Waals surface area contributed by atoms with Crippen LogP contribution in [0.5, 0.6) is 0 Å². The molecular formula is C10H14INS. The van der Waals surface area contributed by atoms with Crippen molar-refractivity contribution in [1.29, 1.82) is 0 Å². The SMILES string of the molecule is CI1CCSC1c1ccc(N)cc1. The number of thioether (sulfide) groups is 1. The Morgan fingerprint density at radius 2 is 2.08 bits per heavy atom. The van der Waals surface area contributed by atoms with Gasteiger partial charge in [-0.15, -0.1) is 0 Å². The molecule has 0 aromatic heterocycles. The van der Waals surface area contributed by atoms with Crippen LogP contribution >= 0.6 is 31.6 Å². The number of nitrogens with two attached hydrogens (primary N) is 1. The Balaban J connectivity index is 2.20. The normalized spacial score (nSPS) is 25.0. The van der Waals surface area contributed by atoms with E-state index in [0.717, 1.165) is 8.94 Å². The summed E-state index contributed by atoms with van der Waals surface area (Å²) in [5.41, 5.74) is 8.05. The topological polar surface area (TPSA) is 26.0 Å². The van der Waals surface area contributed by atoms with E-state index < -0.39 is 19.8 Å². The molecule has 1 aromatic carbocycles. The number of nitrogen functional groups attached to an aromatic ring is 1. The predicted molar refractivity (Wildman–Crippen MR) is 70.9 cm³/mol. The van der Waals surface area contributed by atoms with Crippen molar-refractivity contribution in [2.75, 3.05) is 20.8 Å². The van der Waals surface area contributed by atoms with Gasteiger partial charge >= 0.3 is 91.2 Å². The van der Waals surface area contributed by atoms with Crippen molar-refractivity contribution >= 4 is 37.3 Å². The van der Waals surface area contributed by atoms with Crippen molar-refractivity contribution in [3.8, 4) is 0 Å². The van der Waals surface area contributed by atoms with Gasteiger partial charge < -0.3 is 0 Å². The fourth-order valence-corrected chi connectivity index (χ4v) is 10.8. The van der Waals surface area contributed by atoms with E-state index in [0.29, 0.717) is 0 Å². The van der Waals surface area contributed by atoms with Crippen LogP contribution in [0.15, 0.2) is 24.3 Å². The maximum absolute atomic E-state index is 5.67. The monoisotopic (exact) mass is 307 g/mol. The zero-order chi connectivity index (χ0) is 9.26. The molecule has 1 aromatic rings. The molecule has 1 heterocycles. The molecule has 1 nitrogen and oxygen atoms in total. The Kier molecular flexibility index (Phi) is 3.03. The Morgan fingerprint density at radius 3 is 2.62 bits per heavy atom. The van der Waals surface area contributed by atoms with Gasteiger partial charge in [-0.25, -0.2) is 0 Å². The van der Waals surface area contributed by atoms with Crippen molar-refractivity contribution in [2.24, 2.45) is 0 Å². The summed E-state index contributed by atoms with van der Waals surface area (Å²) in [4.78, 5) is 2.49. The second kappa shape index (κ2) is 4.09. The molecule has 2 N–H and O–H groups in total. The van der Waals surface area contributed by atoms with Gasteiger partial charge in [0.05, 0.1) is 0 Å². The predicted octanol–water partition coefficient (Wildman–Crippen LogP) is 3.15. The first-order valence-corrected chi connectivity index (χ1v) is 10.3. The maximum atomic E-state index is 5.67. The molecule has 2 rings (SSSR count). The summed E-state index contributed by atoms with van der Waals surface area (Å²) in [5.74, 6) is 1.37. The Labute approximate surface area is 90.9 Å². The van der Waals surface area contributed by atoms with Gasteiger partial charge in [0, 0.05) is 0 Å². The third kappa shape index (κ3) is 2.13. The summed E-state index contributed by atoms with van der Waals surface area (Å²) >= 11 is 1.49. The molecule has 0 spiro atoms. The van der Waals surface area contributed by atoms with Crippen LogP contribution in [0.1, 0.15) is 8.82 Å². The average Bonchev–Trinajstić information content (AvgIpc) is 2.53. The van der Waals surface area contributed by atoms with Crippen LogP contribution < -0.4 is 5.73 Å². The summed E-state index contributed by atoms with van der Waals surface area (Å²) in [6.07, 6.45) is 0. The number of alkyl halides is 3. The van der Waals surface area contributed by atoms with Crippen LogP contribution in [0.2, 0.25) is 0 Å². The van der Waals surface area contributed by atoms with Crippen LogP contribution in [-0.2, 0) is 0 Å². The second-order valence-electron chi connectivity index (χ2n) is 3.18. The third-order valence-electron chi connectivity index (χ3n) is 2.18. The fourth-order valence-electron chi connectivity index (χ4n) is 1.43. The number of benzene rings is 1. The Bertz CT molecular complexity index is 285. The molecule has 1 fully saturated rings. The summed E-state index contributed by atoms with van der Waals surface area (Å²) in [5, 5.41) is 0. The molecule has 13 heavy (non-hydrogen) atoms. The second-order valence-corrected chi connectivity index (χ2v) is 11.2. The Morgan fingerprint density at radius 1 is 1.38 bits per heavy atom. The van der Waals surface area contributed by atoms with E-state index >= 15 is 0 Å². The molecule has 1 aliphatic heterocycles. The third-order valence-corrected chi connectivity index (χ3v) is 11.9. The van der Waals surface area contributed by atoms with Crippen LogP contribution in [0, 0.1) is 0 Å². The van der Waals surface area contributed by atoms with E-state index in [2.05, 4.69) is 28.8 Å². The number of rotatable bonds is 1. The van der Waals surface area contributed by atoms with E-state index in [1.54, 1.807) is 0 Å². The van der Waals surface area contributed by atoms with E-state index in [9.17, 15) is 0 Å². The summed E-state index contributed by atoms with van der Waals surface area (Å²) in [6.45, 7) is 0. The molecule has 0 amide bonds. The molecule has 0 radical (unpaired) electrons. The van der Waals surface area contributed by atoms with E-state index in [1.807, 2.05) is 12.1 Å². The first kappa shape index (κ1) is 9.65. The fraction of sp³-hybridized carbons (Fsp3) is 0.400. The summed E-state index contributed by atoms with van der Waals surface area (Å²) in [6, 6.07) is 8.45. The minimum atomic E-state index is -0.651. The molecule has 1 saturated heterocycles.